The molecule has 0 radical (unpaired) electrons. The Morgan fingerprint density at radius 1 is 1.10 bits per heavy atom. The van der Waals surface area contributed by atoms with E-state index in [2.05, 4.69) is 30.6 Å². The maximum atomic E-state index is 12.4. The van der Waals surface area contributed by atoms with Crippen LogP contribution in [0.3, 0.4) is 0 Å². The molecule has 9 nitrogen and oxygen atoms in total. The highest BCUT2D eigenvalue weighted by atomic mass is 16.5. The van der Waals surface area contributed by atoms with Crippen LogP contribution in [0.4, 0.5) is 4.79 Å². The van der Waals surface area contributed by atoms with Gasteiger partial charge in [0.2, 0.25) is 11.8 Å². The number of imide groups is 1. The summed E-state index contributed by atoms with van der Waals surface area (Å²) in [6.07, 6.45) is 0. The molecule has 0 spiro atoms. The number of hydrogen-bond donors (Lipinski definition) is 2. The lowest BCUT2D eigenvalue weighted by molar-refractivity contribution is -0.125. The zero-order valence-electron chi connectivity index (χ0n) is 17.8. The average Bonchev–Trinajstić information content (AvgIpc) is 3.22. The number of rotatable bonds is 7. The van der Waals surface area contributed by atoms with E-state index in [9.17, 15) is 9.59 Å². The van der Waals surface area contributed by atoms with Gasteiger partial charge < -0.3 is 9.84 Å². The van der Waals surface area contributed by atoms with Crippen LogP contribution in [-0.2, 0) is 17.9 Å². The smallest absolute Gasteiger partial charge is 0.321 e. The molecule has 0 saturated carbocycles. The summed E-state index contributed by atoms with van der Waals surface area (Å²) in [5.74, 6) is 1.28. The summed E-state index contributed by atoms with van der Waals surface area (Å²) in [7, 11) is 0. The molecule has 2 aromatic rings. The Hall–Kier alpha value is -2.78. The molecule has 1 fully saturated rings. The molecule has 30 heavy (non-hydrogen) atoms. The van der Waals surface area contributed by atoms with Crippen LogP contribution in [0.5, 0.6) is 0 Å². The van der Waals surface area contributed by atoms with E-state index in [1.165, 1.54) is 0 Å². The van der Waals surface area contributed by atoms with Gasteiger partial charge in [0.1, 0.15) is 0 Å². The molecule has 0 bridgehead atoms. The molecular formula is C21H30N6O3. The molecule has 1 aromatic carbocycles. The van der Waals surface area contributed by atoms with Gasteiger partial charge in [-0.3, -0.25) is 19.9 Å². The number of urea groups is 1. The van der Waals surface area contributed by atoms with Crippen molar-refractivity contribution >= 4 is 11.9 Å². The Bertz CT molecular complexity index is 830. The van der Waals surface area contributed by atoms with Gasteiger partial charge in [-0.05, 0) is 12.5 Å². The predicted octanol–water partition coefficient (Wildman–Crippen LogP) is 1.73. The fraction of sp³-hybridized carbons (Fsp3) is 0.524. The fourth-order valence-electron chi connectivity index (χ4n) is 3.27. The molecule has 9 heteroatoms. The number of carbonyl (C=O) groups is 2. The minimum Gasteiger partial charge on any atom is -0.338 e. The van der Waals surface area contributed by atoms with Gasteiger partial charge in [0.15, 0.2) is 5.82 Å². The van der Waals surface area contributed by atoms with Crippen LogP contribution in [0.2, 0.25) is 0 Å². The minimum absolute atomic E-state index is 0.239. The van der Waals surface area contributed by atoms with Gasteiger partial charge in [-0.2, -0.15) is 4.98 Å². The van der Waals surface area contributed by atoms with Crippen molar-refractivity contribution < 1.29 is 14.1 Å². The number of nitrogens with zero attached hydrogens (tertiary/aromatic N) is 4. The molecule has 3 rings (SSSR count). The molecular weight excluding hydrogens is 384 g/mol. The molecule has 162 valence electrons. The first-order valence-corrected chi connectivity index (χ1v) is 10.3. The second-order valence-electron chi connectivity index (χ2n) is 7.85. The van der Waals surface area contributed by atoms with Crippen molar-refractivity contribution in [2.75, 3.05) is 26.2 Å². The Morgan fingerprint density at radius 2 is 1.80 bits per heavy atom. The number of carbonyl (C=O) groups excluding carboxylic acids is 2. The molecule has 1 aromatic heterocycles. The number of piperazine rings is 1. The van der Waals surface area contributed by atoms with Crippen molar-refractivity contribution in [1.29, 1.82) is 0 Å². The van der Waals surface area contributed by atoms with E-state index < -0.39 is 6.03 Å². The third kappa shape index (κ3) is 6.11. The lowest BCUT2D eigenvalue weighted by Crippen LogP contribution is -2.55. The largest absolute Gasteiger partial charge is 0.338 e. The normalized spacial score (nSPS) is 16.4. The topological polar surface area (TPSA) is 104 Å². The molecule has 1 unspecified atom stereocenters. The first-order valence-electron chi connectivity index (χ1n) is 10.3. The molecule has 2 N–H and O–H groups in total. The molecule has 1 saturated heterocycles. The molecule has 3 amide bonds. The van der Waals surface area contributed by atoms with E-state index in [0.29, 0.717) is 19.0 Å². The summed E-state index contributed by atoms with van der Waals surface area (Å²) in [6.45, 7) is 9.90. The highest BCUT2D eigenvalue weighted by molar-refractivity contribution is 5.96. The quantitative estimate of drug-likeness (QED) is 0.711. The van der Waals surface area contributed by atoms with Crippen molar-refractivity contribution in [3.63, 3.8) is 0 Å². The van der Waals surface area contributed by atoms with Crippen LogP contribution < -0.4 is 10.6 Å². The summed E-state index contributed by atoms with van der Waals surface area (Å²) in [4.78, 5) is 33.2. The number of hydrogen-bond acceptors (Lipinski definition) is 7. The number of aromatic nitrogens is 2. The van der Waals surface area contributed by atoms with Gasteiger partial charge in [0.25, 0.3) is 0 Å². The van der Waals surface area contributed by atoms with Crippen molar-refractivity contribution in [3.8, 4) is 0 Å². The zero-order valence-corrected chi connectivity index (χ0v) is 17.8. The highest BCUT2D eigenvalue weighted by Crippen LogP contribution is 2.13. The number of amides is 3. The maximum absolute atomic E-state index is 12.4. The van der Waals surface area contributed by atoms with Gasteiger partial charge in [-0.1, -0.05) is 49.3 Å². The number of benzene rings is 1. The molecule has 2 heterocycles. The van der Waals surface area contributed by atoms with Crippen LogP contribution in [0.1, 0.15) is 44.0 Å². The summed E-state index contributed by atoms with van der Waals surface area (Å²) >= 11 is 0. The minimum atomic E-state index is -0.480. The first kappa shape index (κ1) is 21.9. The molecule has 1 atom stereocenters. The second kappa shape index (κ2) is 10.3. The monoisotopic (exact) mass is 414 g/mol. The van der Waals surface area contributed by atoms with E-state index in [1.54, 1.807) is 0 Å². The molecule has 0 aliphatic carbocycles. The predicted molar refractivity (Wildman–Crippen MR) is 112 cm³/mol. The summed E-state index contributed by atoms with van der Waals surface area (Å²) < 4.78 is 5.31. The van der Waals surface area contributed by atoms with Gasteiger partial charge in [0.05, 0.1) is 12.6 Å². The van der Waals surface area contributed by atoms with Crippen LogP contribution in [0.15, 0.2) is 34.9 Å². The standard InChI is InChI=1S/C21H30N6O3/c1-15(2)19-23-18(30-25-19)14-26-9-11-27(12-10-26)16(3)20(28)24-21(29)22-13-17-7-5-4-6-8-17/h4-8,15-16H,9-14H2,1-3H3,(H2,22,24,28,29). The molecule has 1 aliphatic rings. The SMILES string of the molecule is CC(C)c1noc(CN2CCN(C(C)C(=O)NC(=O)NCc3ccccc3)CC2)n1. The van der Waals surface area contributed by atoms with Crippen molar-refractivity contribution in [2.24, 2.45) is 0 Å². The van der Waals surface area contributed by atoms with Crippen molar-refractivity contribution in [1.82, 2.24) is 30.6 Å². The van der Waals surface area contributed by atoms with Crippen LogP contribution in [0, 0.1) is 0 Å². The van der Waals surface area contributed by atoms with Gasteiger partial charge in [-0.15, -0.1) is 0 Å². The Morgan fingerprint density at radius 3 is 2.43 bits per heavy atom. The second-order valence-corrected chi connectivity index (χ2v) is 7.85. The van der Waals surface area contributed by atoms with E-state index in [1.807, 2.05) is 51.1 Å². The first-order chi connectivity index (χ1) is 14.4. The van der Waals surface area contributed by atoms with Crippen molar-refractivity contribution in [2.45, 2.75) is 45.8 Å². The Labute approximate surface area is 176 Å². The summed E-state index contributed by atoms with van der Waals surface area (Å²) in [6, 6.07) is 8.70. The lowest BCUT2D eigenvalue weighted by atomic mass is 10.2. The van der Waals surface area contributed by atoms with E-state index in [0.717, 1.165) is 37.6 Å². The van der Waals surface area contributed by atoms with E-state index >= 15 is 0 Å². The maximum Gasteiger partial charge on any atom is 0.321 e. The van der Waals surface area contributed by atoms with Gasteiger partial charge in [-0.25, -0.2) is 4.79 Å². The third-order valence-electron chi connectivity index (χ3n) is 5.23. The average molecular weight is 415 g/mol. The van der Waals surface area contributed by atoms with E-state index in [4.69, 9.17) is 4.52 Å². The van der Waals surface area contributed by atoms with Gasteiger partial charge in [0, 0.05) is 38.6 Å². The van der Waals surface area contributed by atoms with Crippen LogP contribution >= 0.6 is 0 Å². The summed E-state index contributed by atoms with van der Waals surface area (Å²) in [5.41, 5.74) is 0.978. The molecule has 1 aliphatic heterocycles. The van der Waals surface area contributed by atoms with Crippen molar-refractivity contribution in [3.05, 3.63) is 47.6 Å². The Balaban J connectivity index is 1.39. The van der Waals surface area contributed by atoms with Gasteiger partial charge >= 0.3 is 6.03 Å². The van der Waals surface area contributed by atoms with Crippen LogP contribution in [-0.4, -0.2) is 64.1 Å². The van der Waals surface area contributed by atoms with E-state index in [-0.39, 0.29) is 17.9 Å². The fourth-order valence-corrected chi connectivity index (χ4v) is 3.27. The Kier molecular flexibility index (Phi) is 7.53. The third-order valence-corrected chi connectivity index (χ3v) is 5.23. The van der Waals surface area contributed by atoms with Crippen LogP contribution in [0.25, 0.3) is 0 Å². The zero-order chi connectivity index (χ0) is 21.5. The lowest BCUT2D eigenvalue weighted by Gasteiger charge is -2.36. The summed E-state index contributed by atoms with van der Waals surface area (Å²) in [5, 5.41) is 9.14. The number of nitrogens with one attached hydrogen (secondary N) is 2. The highest BCUT2D eigenvalue weighted by Gasteiger charge is 2.27.